The van der Waals surface area contributed by atoms with E-state index in [0.717, 1.165) is 5.56 Å². The molecule has 0 radical (unpaired) electrons. The first kappa shape index (κ1) is 19.7. The van der Waals surface area contributed by atoms with E-state index in [1.807, 2.05) is 6.92 Å². The number of phenols is 1. The molecule has 160 valence electrons. The molecule has 3 heterocycles. The van der Waals surface area contributed by atoms with E-state index in [9.17, 15) is 22.7 Å². The number of H-pyrrole nitrogens is 1. The average Bonchev–Trinajstić information content (AvgIpc) is 3.38. The number of hydrogen-bond acceptors (Lipinski definition) is 5. The number of carbonyl (C=O) groups excluding carboxylic acids is 1. The van der Waals surface area contributed by atoms with Gasteiger partial charge >= 0.3 is 0 Å². The van der Waals surface area contributed by atoms with Crippen molar-refractivity contribution in [3.63, 3.8) is 0 Å². The number of rotatable bonds is 3. The molecule has 2 aliphatic rings. The van der Waals surface area contributed by atoms with Gasteiger partial charge in [0.05, 0.1) is 17.5 Å². The minimum Gasteiger partial charge on any atom is -0.507 e. The second-order valence-electron chi connectivity index (χ2n) is 8.07. The second-order valence-corrected chi connectivity index (χ2v) is 10.3. The van der Waals surface area contributed by atoms with E-state index in [0.29, 0.717) is 23.2 Å². The van der Waals surface area contributed by atoms with Crippen molar-refractivity contribution in [3.05, 3.63) is 70.7 Å². The number of nitrogens with zero attached hydrogens (tertiary/aromatic N) is 2. The van der Waals surface area contributed by atoms with Gasteiger partial charge in [-0.25, -0.2) is 12.8 Å². The lowest BCUT2D eigenvalue weighted by Crippen LogP contribution is -2.40. The van der Waals surface area contributed by atoms with Crippen molar-refractivity contribution in [3.8, 4) is 17.0 Å². The van der Waals surface area contributed by atoms with Gasteiger partial charge in [0.1, 0.15) is 23.0 Å². The highest BCUT2D eigenvalue weighted by atomic mass is 32.2. The molecule has 2 aromatic carbocycles. The van der Waals surface area contributed by atoms with Crippen molar-refractivity contribution in [2.24, 2.45) is 0 Å². The maximum absolute atomic E-state index is 14.9. The fraction of sp³-hybridized carbons (Fsp3) is 0.273. The molecule has 7 nitrogen and oxygen atoms in total. The zero-order valence-electron chi connectivity index (χ0n) is 16.7. The first-order valence-electron chi connectivity index (χ1n) is 9.92. The Morgan fingerprint density at radius 1 is 1.23 bits per heavy atom. The molecule has 0 bridgehead atoms. The normalized spacial score (nSPS) is 22.1. The topological polar surface area (TPSA) is 103 Å². The SMILES string of the molecule is Cc1ccc(O)c(-c2n[nH]c3c2C(c2ccccc2F)N(C2CCS(=O)(=O)C2)C3=O)c1. The standard InChI is InChI=1S/C22H20FN3O4S/c1-12-6-7-17(27)15(10-12)19-18-20(25-24-19)22(28)26(13-8-9-31(29,30)11-13)21(18)14-4-2-3-5-16(14)23/h2-7,10,13,21,27H,8-9,11H2,1H3,(H,24,25). The number of halogens is 1. The van der Waals surface area contributed by atoms with Gasteiger partial charge in [-0.1, -0.05) is 29.8 Å². The van der Waals surface area contributed by atoms with Crippen LogP contribution in [0.1, 0.15) is 39.6 Å². The number of aromatic nitrogens is 2. The molecule has 0 aliphatic carbocycles. The Bertz CT molecular complexity index is 1320. The number of phenolic OH excluding ortho intramolecular Hbond substituents is 1. The van der Waals surface area contributed by atoms with E-state index in [2.05, 4.69) is 10.2 Å². The first-order chi connectivity index (χ1) is 14.8. The fourth-order valence-electron chi connectivity index (χ4n) is 4.58. The van der Waals surface area contributed by atoms with E-state index in [1.54, 1.807) is 36.4 Å². The van der Waals surface area contributed by atoms with Gasteiger partial charge in [0.15, 0.2) is 9.84 Å². The third-order valence-electron chi connectivity index (χ3n) is 6.01. The summed E-state index contributed by atoms with van der Waals surface area (Å²) in [6.45, 7) is 1.87. The van der Waals surface area contributed by atoms with E-state index < -0.39 is 33.6 Å². The quantitative estimate of drug-likeness (QED) is 0.651. The molecular weight excluding hydrogens is 421 g/mol. The van der Waals surface area contributed by atoms with Crippen molar-refractivity contribution in [2.75, 3.05) is 11.5 Å². The van der Waals surface area contributed by atoms with E-state index in [1.165, 1.54) is 11.0 Å². The highest BCUT2D eigenvalue weighted by Crippen LogP contribution is 2.47. The minimum absolute atomic E-state index is 0.0108. The maximum atomic E-state index is 14.9. The minimum atomic E-state index is -3.27. The summed E-state index contributed by atoms with van der Waals surface area (Å²) >= 11 is 0. The number of sulfone groups is 1. The summed E-state index contributed by atoms with van der Waals surface area (Å²) in [6.07, 6.45) is 0.293. The van der Waals surface area contributed by atoms with Gasteiger partial charge in [0, 0.05) is 22.7 Å². The summed E-state index contributed by atoms with van der Waals surface area (Å²) in [5.41, 5.74) is 2.55. The zero-order chi connectivity index (χ0) is 21.9. The van der Waals surface area contributed by atoms with Crippen LogP contribution in [0.15, 0.2) is 42.5 Å². The van der Waals surface area contributed by atoms with Crippen molar-refractivity contribution in [2.45, 2.75) is 25.4 Å². The Morgan fingerprint density at radius 2 is 2.00 bits per heavy atom. The number of aromatic hydroxyl groups is 1. The van der Waals surface area contributed by atoms with Crippen molar-refractivity contribution in [1.82, 2.24) is 15.1 Å². The summed E-state index contributed by atoms with van der Waals surface area (Å²) in [5, 5.41) is 17.5. The van der Waals surface area contributed by atoms with Crippen molar-refractivity contribution < 1.29 is 22.7 Å². The molecule has 2 N–H and O–H groups in total. The number of nitrogens with one attached hydrogen (secondary N) is 1. The average molecular weight is 441 g/mol. The van der Waals surface area contributed by atoms with Crippen LogP contribution in [-0.2, 0) is 9.84 Å². The Hall–Kier alpha value is -3.20. The Kier molecular flexibility index (Phi) is 4.40. The smallest absolute Gasteiger partial charge is 0.273 e. The number of carbonyl (C=O) groups is 1. The van der Waals surface area contributed by atoms with Crippen molar-refractivity contribution >= 4 is 15.7 Å². The summed E-state index contributed by atoms with van der Waals surface area (Å²) in [7, 11) is -3.27. The maximum Gasteiger partial charge on any atom is 0.273 e. The van der Waals surface area contributed by atoms with Gasteiger partial charge in [-0.2, -0.15) is 5.10 Å². The number of fused-ring (bicyclic) bond motifs is 1. The Balaban J connectivity index is 1.73. The van der Waals surface area contributed by atoms with Crippen LogP contribution in [0, 0.1) is 12.7 Å². The molecule has 5 rings (SSSR count). The molecule has 2 atom stereocenters. The van der Waals surface area contributed by atoms with Crippen LogP contribution >= 0.6 is 0 Å². The van der Waals surface area contributed by atoms with Gasteiger partial charge in [-0.15, -0.1) is 0 Å². The number of hydrogen-bond donors (Lipinski definition) is 2. The fourth-order valence-corrected chi connectivity index (χ4v) is 6.30. The van der Waals surface area contributed by atoms with Crippen LogP contribution in [0.25, 0.3) is 11.3 Å². The molecule has 0 spiro atoms. The lowest BCUT2D eigenvalue weighted by Gasteiger charge is -2.31. The van der Waals surface area contributed by atoms with Crippen LogP contribution < -0.4 is 0 Å². The number of aryl methyl sites for hydroxylation is 1. The highest BCUT2D eigenvalue weighted by molar-refractivity contribution is 7.91. The number of aromatic amines is 1. The monoisotopic (exact) mass is 441 g/mol. The van der Waals surface area contributed by atoms with Gasteiger partial charge in [0.25, 0.3) is 5.91 Å². The number of benzene rings is 2. The van der Waals surface area contributed by atoms with E-state index in [4.69, 9.17) is 0 Å². The third kappa shape index (κ3) is 3.11. The summed E-state index contributed by atoms with van der Waals surface area (Å²) in [6, 6.07) is 9.76. The highest BCUT2D eigenvalue weighted by Gasteiger charge is 2.48. The van der Waals surface area contributed by atoms with Crippen LogP contribution in [0.5, 0.6) is 5.75 Å². The molecule has 1 fully saturated rings. The van der Waals surface area contributed by atoms with Crippen LogP contribution in [0.2, 0.25) is 0 Å². The molecule has 2 unspecified atom stereocenters. The molecule has 1 saturated heterocycles. The third-order valence-corrected chi connectivity index (χ3v) is 7.76. The summed E-state index contributed by atoms with van der Waals surface area (Å²) in [4.78, 5) is 14.8. The second kappa shape index (κ2) is 6.91. The largest absolute Gasteiger partial charge is 0.507 e. The predicted molar refractivity (Wildman–Crippen MR) is 112 cm³/mol. The molecule has 1 amide bonds. The Morgan fingerprint density at radius 3 is 2.71 bits per heavy atom. The van der Waals surface area contributed by atoms with Gasteiger partial charge in [0.2, 0.25) is 0 Å². The molecule has 9 heteroatoms. The summed E-state index contributed by atoms with van der Waals surface area (Å²) in [5.74, 6) is -1.10. The molecule has 2 aliphatic heterocycles. The molecule has 0 saturated carbocycles. The van der Waals surface area contributed by atoms with Gasteiger partial charge in [-0.05, 0) is 31.5 Å². The predicted octanol–water partition coefficient (Wildman–Crippen LogP) is 2.96. The van der Waals surface area contributed by atoms with Crippen molar-refractivity contribution in [1.29, 1.82) is 0 Å². The van der Waals surface area contributed by atoms with E-state index in [-0.39, 0.29) is 28.5 Å². The molecule has 1 aromatic heterocycles. The summed E-state index contributed by atoms with van der Waals surface area (Å²) < 4.78 is 39.2. The molecular formula is C22H20FN3O4S. The molecule has 3 aromatic rings. The van der Waals surface area contributed by atoms with E-state index >= 15 is 0 Å². The Labute approximate surface area is 178 Å². The first-order valence-corrected chi connectivity index (χ1v) is 11.7. The zero-order valence-corrected chi connectivity index (χ0v) is 17.5. The lowest BCUT2D eigenvalue weighted by atomic mass is 9.94. The van der Waals surface area contributed by atoms with Gasteiger partial charge < -0.3 is 10.0 Å². The van der Waals surface area contributed by atoms with Crippen LogP contribution in [0.3, 0.4) is 0 Å². The van der Waals surface area contributed by atoms with Gasteiger partial charge in [-0.3, -0.25) is 9.89 Å². The molecule has 31 heavy (non-hydrogen) atoms. The number of amides is 1. The lowest BCUT2D eigenvalue weighted by molar-refractivity contribution is 0.0675. The van der Waals surface area contributed by atoms with Crippen LogP contribution in [-0.4, -0.2) is 52.1 Å². The van der Waals surface area contributed by atoms with Crippen LogP contribution in [0.4, 0.5) is 4.39 Å².